The zero-order valence-corrected chi connectivity index (χ0v) is 12.9. The molecule has 108 valence electrons. The summed E-state index contributed by atoms with van der Waals surface area (Å²) < 4.78 is 14.7. The van der Waals surface area contributed by atoms with Gasteiger partial charge in [-0.2, -0.15) is 0 Å². The van der Waals surface area contributed by atoms with Gasteiger partial charge in [-0.3, -0.25) is 4.98 Å². The Morgan fingerprint density at radius 1 is 1.24 bits per heavy atom. The van der Waals surface area contributed by atoms with E-state index in [-0.39, 0.29) is 11.9 Å². The van der Waals surface area contributed by atoms with Crippen LogP contribution >= 0.6 is 11.3 Å². The number of aromatic nitrogens is 1. The topological polar surface area (TPSA) is 24.9 Å². The van der Waals surface area contributed by atoms with Crippen LogP contribution in [0.1, 0.15) is 29.7 Å². The fourth-order valence-corrected chi connectivity index (χ4v) is 3.29. The van der Waals surface area contributed by atoms with Crippen LogP contribution in [0.3, 0.4) is 0 Å². The van der Waals surface area contributed by atoms with Gasteiger partial charge in [0.2, 0.25) is 0 Å². The summed E-state index contributed by atoms with van der Waals surface area (Å²) in [7, 11) is 0. The molecule has 0 aliphatic rings. The lowest BCUT2D eigenvalue weighted by molar-refractivity contribution is 0.606. The molecule has 1 unspecified atom stereocenters. The van der Waals surface area contributed by atoms with Gasteiger partial charge in [-0.15, -0.1) is 11.3 Å². The fraction of sp³-hybridized carbons (Fsp3) is 0.235. The second-order valence-electron chi connectivity index (χ2n) is 5.07. The average molecular weight is 300 g/mol. The minimum absolute atomic E-state index is 0.0355. The Balaban J connectivity index is 2.05. The van der Waals surface area contributed by atoms with Gasteiger partial charge >= 0.3 is 0 Å². The molecule has 3 rings (SSSR count). The zero-order valence-electron chi connectivity index (χ0n) is 12.1. The molecule has 2 aromatic heterocycles. The first-order valence-corrected chi connectivity index (χ1v) is 7.89. The third-order valence-electron chi connectivity index (χ3n) is 3.58. The summed E-state index contributed by atoms with van der Waals surface area (Å²) in [6.45, 7) is 4.70. The van der Waals surface area contributed by atoms with Crippen molar-refractivity contribution in [1.29, 1.82) is 0 Å². The van der Waals surface area contributed by atoms with Gasteiger partial charge in [-0.25, -0.2) is 4.39 Å². The van der Waals surface area contributed by atoms with E-state index in [1.165, 1.54) is 10.8 Å². The van der Waals surface area contributed by atoms with Crippen LogP contribution in [0.4, 0.5) is 4.39 Å². The summed E-state index contributed by atoms with van der Waals surface area (Å²) in [6.07, 6.45) is 1.90. The number of hydrogen-bond acceptors (Lipinski definition) is 3. The predicted octanol–water partition coefficient (Wildman–Crippen LogP) is 4.44. The van der Waals surface area contributed by atoms with E-state index in [2.05, 4.69) is 23.3 Å². The van der Waals surface area contributed by atoms with Crippen LogP contribution in [-0.4, -0.2) is 11.5 Å². The summed E-state index contributed by atoms with van der Waals surface area (Å²) in [5.74, 6) is -0.166. The molecule has 0 aliphatic carbocycles. The number of rotatable bonds is 4. The second kappa shape index (κ2) is 5.92. The smallest absolute Gasteiger partial charge is 0.126 e. The number of pyridine rings is 1. The van der Waals surface area contributed by atoms with Crippen molar-refractivity contribution in [1.82, 2.24) is 10.3 Å². The van der Waals surface area contributed by atoms with Crippen LogP contribution in [0.15, 0.2) is 41.9 Å². The average Bonchev–Trinajstić information content (AvgIpc) is 2.95. The summed E-state index contributed by atoms with van der Waals surface area (Å²) in [5, 5.41) is 5.51. The standard InChI is InChI=1S/C17H17FN2S/c1-3-19-17(12-4-5-14(18)11(2)8-12)13-9-16-15(20-10-13)6-7-21-16/h4-10,17,19H,3H2,1-2H3. The van der Waals surface area contributed by atoms with E-state index in [0.717, 1.165) is 23.2 Å². The molecule has 3 aromatic rings. The third-order valence-corrected chi connectivity index (χ3v) is 4.43. The van der Waals surface area contributed by atoms with E-state index >= 15 is 0 Å². The fourth-order valence-electron chi connectivity index (χ4n) is 2.50. The van der Waals surface area contributed by atoms with Gasteiger partial charge in [0.15, 0.2) is 0 Å². The maximum Gasteiger partial charge on any atom is 0.126 e. The Hall–Kier alpha value is -1.78. The van der Waals surface area contributed by atoms with Crippen molar-refractivity contribution in [2.24, 2.45) is 0 Å². The van der Waals surface area contributed by atoms with Crippen molar-refractivity contribution in [2.45, 2.75) is 19.9 Å². The molecular weight excluding hydrogens is 283 g/mol. The van der Waals surface area contributed by atoms with Gasteiger partial charge in [0.05, 0.1) is 16.3 Å². The molecule has 0 aliphatic heterocycles. The maximum absolute atomic E-state index is 13.5. The minimum atomic E-state index is -0.166. The third kappa shape index (κ3) is 2.82. The number of aryl methyl sites for hydroxylation is 1. The number of thiophene rings is 1. The molecule has 4 heteroatoms. The van der Waals surface area contributed by atoms with E-state index < -0.39 is 0 Å². The molecule has 0 spiro atoms. The van der Waals surface area contributed by atoms with Crippen molar-refractivity contribution in [3.8, 4) is 0 Å². The zero-order chi connectivity index (χ0) is 14.8. The normalized spacial score (nSPS) is 12.7. The Bertz CT molecular complexity index is 766. The molecule has 0 amide bonds. The van der Waals surface area contributed by atoms with Crippen molar-refractivity contribution < 1.29 is 4.39 Å². The summed E-state index contributed by atoms with van der Waals surface area (Å²) in [6, 6.07) is 9.50. The SMILES string of the molecule is CCNC(c1ccc(F)c(C)c1)c1cnc2ccsc2c1. The second-order valence-corrected chi connectivity index (χ2v) is 6.02. The lowest BCUT2D eigenvalue weighted by Gasteiger charge is -2.19. The highest BCUT2D eigenvalue weighted by Crippen LogP contribution is 2.27. The van der Waals surface area contributed by atoms with Gasteiger partial charge in [0.25, 0.3) is 0 Å². The van der Waals surface area contributed by atoms with E-state index in [1.807, 2.05) is 29.8 Å². The highest BCUT2D eigenvalue weighted by atomic mass is 32.1. The summed E-state index contributed by atoms with van der Waals surface area (Å²) >= 11 is 1.69. The monoisotopic (exact) mass is 300 g/mol. The molecule has 0 saturated heterocycles. The molecule has 1 atom stereocenters. The first kappa shape index (κ1) is 14.2. The van der Waals surface area contributed by atoms with E-state index in [0.29, 0.717) is 5.56 Å². The Labute approximate surface area is 127 Å². The quantitative estimate of drug-likeness (QED) is 0.770. The summed E-state index contributed by atoms with van der Waals surface area (Å²) in [4.78, 5) is 4.51. The van der Waals surface area contributed by atoms with Crippen LogP contribution < -0.4 is 5.32 Å². The number of benzene rings is 1. The number of halogens is 1. The van der Waals surface area contributed by atoms with E-state index in [1.54, 1.807) is 18.3 Å². The maximum atomic E-state index is 13.5. The van der Waals surface area contributed by atoms with Crippen LogP contribution in [0, 0.1) is 12.7 Å². The lowest BCUT2D eigenvalue weighted by Crippen LogP contribution is -2.22. The molecule has 2 heterocycles. The van der Waals surface area contributed by atoms with Gasteiger partial charge < -0.3 is 5.32 Å². The highest BCUT2D eigenvalue weighted by molar-refractivity contribution is 7.17. The highest BCUT2D eigenvalue weighted by Gasteiger charge is 2.15. The number of fused-ring (bicyclic) bond motifs is 1. The van der Waals surface area contributed by atoms with Crippen molar-refractivity contribution in [2.75, 3.05) is 6.54 Å². The van der Waals surface area contributed by atoms with Crippen LogP contribution in [0.25, 0.3) is 10.2 Å². The molecule has 21 heavy (non-hydrogen) atoms. The number of hydrogen-bond donors (Lipinski definition) is 1. The molecule has 0 saturated carbocycles. The molecule has 2 nitrogen and oxygen atoms in total. The van der Waals surface area contributed by atoms with Crippen LogP contribution in [0.5, 0.6) is 0 Å². The van der Waals surface area contributed by atoms with Crippen molar-refractivity contribution in [3.05, 3.63) is 64.4 Å². The van der Waals surface area contributed by atoms with Crippen molar-refractivity contribution in [3.63, 3.8) is 0 Å². The Kier molecular flexibility index (Phi) is 3.99. The predicted molar refractivity (Wildman–Crippen MR) is 86.3 cm³/mol. The van der Waals surface area contributed by atoms with Crippen LogP contribution in [0.2, 0.25) is 0 Å². The van der Waals surface area contributed by atoms with Gasteiger partial charge in [0.1, 0.15) is 5.82 Å². The Morgan fingerprint density at radius 3 is 2.86 bits per heavy atom. The molecule has 0 bridgehead atoms. The first-order valence-electron chi connectivity index (χ1n) is 7.01. The first-order chi connectivity index (χ1) is 10.2. The van der Waals surface area contributed by atoms with E-state index in [4.69, 9.17) is 0 Å². The van der Waals surface area contributed by atoms with E-state index in [9.17, 15) is 4.39 Å². The molecule has 0 fully saturated rings. The van der Waals surface area contributed by atoms with Gasteiger partial charge in [-0.05, 0) is 53.7 Å². The largest absolute Gasteiger partial charge is 0.306 e. The summed E-state index contributed by atoms with van der Waals surface area (Å²) in [5.41, 5.74) is 3.86. The minimum Gasteiger partial charge on any atom is -0.306 e. The Morgan fingerprint density at radius 2 is 2.10 bits per heavy atom. The number of nitrogens with zero attached hydrogens (tertiary/aromatic N) is 1. The molecule has 1 aromatic carbocycles. The lowest BCUT2D eigenvalue weighted by atomic mass is 9.98. The number of nitrogens with one attached hydrogen (secondary N) is 1. The van der Waals surface area contributed by atoms with Gasteiger partial charge in [-0.1, -0.05) is 19.1 Å². The van der Waals surface area contributed by atoms with Gasteiger partial charge in [0, 0.05) is 6.20 Å². The molecule has 1 N–H and O–H groups in total. The van der Waals surface area contributed by atoms with Crippen LogP contribution in [-0.2, 0) is 0 Å². The van der Waals surface area contributed by atoms with Crippen molar-refractivity contribution >= 4 is 21.6 Å². The molecular formula is C17H17FN2S. The molecule has 0 radical (unpaired) electrons.